The molecule has 62 valence electrons. The maximum Gasteiger partial charge on any atom is 0.0569 e. The van der Waals surface area contributed by atoms with Crippen molar-refractivity contribution in [2.24, 2.45) is 4.99 Å². The van der Waals surface area contributed by atoms with Gasteiger partial charge in [-0.25, -0.2) is 0 Å². The molecule has 0 saturated carbocycles. The zero-order valence-electron chi connectivity index (χ0n) is 7.05. The minimum absolute atomic E-state index is 0.0265. The van der Waals surface area contributed by atoms with Crippen molar-refractivity contribution in [3.05, 3.63) is 24.4 Å². The van der Waals surface area contributed by atoms with Crippen molar-refractivity contribution in [1.29, 1.82) is 0 Å². The van der Waals surface area contributed by atoms with Crippen LogP contribution in [-0.2, 0) is 0 Å². The van der Waals surface area contributed by atoms with Crippen LogP contribution >= 0.6 is 11.6 Å². The molecular weight excluding hydrogens is 158 g/mol. The smallest absolute Gasteiger partial charge is 0.0569 e. The van der Waals surface area contributed by atoms with Crippen molar-refractivity contribution < 1.29 is 0 Å². The van der Waals surface area contributed by atoms with Crippen LogP contribution in [0.15, 0.2) is 29.4 Å². The van der Waals surface area contributed by atoms with E-state index in [1.54, 1.807) is 6.21 Å². The van der Waals surface area contributed by atoms with E-state index >= 15 is 0 Å². The Morgan fingerprint density at radius 1 is 1.73 bits per heavy atom. The summed E-state index contributed by atoms with van der Waals surface area (Å²) in [6.45, 7) is 7.48. The number of hydrogen-bond acceptors (Lipinski definition) is 1. The summed E-state index contributed by atoms with van der Waals surface area (Å²) in [5.41, 5.74) is 1.05. The van der Waals surface area contributed by atoms with Crippen LogP contribution in [0.25, 0.3) is 0 Å². The number of allylic oxidation sites excluding steroid dienone is 2. The molecule has 1 nitrogen and oxygen atoms in total. The van der Waals surface area contributed by atoms with Crippen molar-refractivity contribution in [2.45, 2.75) is 25.6 Å². The largest absolute Gasteiger partial charge is 0.265 e. The third kappa shape index (κ3) is 4.79. The first-order valence-corrected chi connectivity index (χ1v) is 4.14. The molecule has 0 aromatic heterocycles. The normalized spacial score (nSPS) is 15.4. The van der Waals surface area contributed by atoms with Crippen molar-refractivity contribution in [2.75, 3.05) is 0 Å². The molecule has 0 spiro atoms. The second kappa shape index (κ2) is 6.17. The fourth-order valence-corrected chi connectivity index (χ4v) is 0.838. The molecule has 0 heterocycles. The van der Waals surface area contributed by atoms with E-state index in [-0.39, 0.29) is 5.38 Å². The molecule has 0 aliphatic carbocycles. The average Bonchev–Trinajstić information content (AvgIpc) is 1.97. The Bertz CT molecular complexity index is 168. The fraction of sp³-hybridized carbons (Fsp3) is 0.444. The Morgan fingerprint density at radius 2 is 2.36 bits per heavy atom. The third-order valence-electron chi connectivity index (χ3n) is 1.23. The fourth-order valence-electron chi connectivity index (χ4n) is 0.692. The molecule has 0 N–H and O–H groups in total. The van der Waals surface area contributed by atoms with Crippen LogP contribution in [0.4, 0.5) is 0 Å². The number of nitrogens with zero attached hydrogens (tertiary/aromatic N) is 1. The SMILES string of the molecule is C=C/N=C\C(=C/CC)C(C)Cl. The monoisotopic (exact) mass is 171 g/mol. The lowest BCUT2D eigenvalue weighted by Gasteiger charge is -2.01. The standard InChI is InChI=1S/C9H14ClN/c1-4-6-9(8(3)10)7-11-5-2/h5-8H,2,4H2,1,3H3/b9-6+,11-7-. The van der Waals surface area contributed by atoms with Crippen LogP contribution in [0.5, 0.6) is 0 Å². The van der Waals surface area contributed by atoms with Crippen molar-refractivity contribution in [3.8, 4) is 0 Å². The Hall–Kier alpha value is -0.560. The molecule has 0 bridgehead atoms. The lowest BCUT2D eigenvalue weighted by atomic mass is 10.2. The molecule has 0 fully saturated rings. The van der Waals surface area contributed by atoms with E-state index in [1.165, 1.54) is 6.20 Å². The molecule has 0 aromatic rings. The summed E-state index contributed by atoms with van der Waals surface area (Å²) in [5, 5.41) is 0.0265. The molecule has 0 aliphatic heterocycles. The first kappa shape index (κ1) is 10.4. The highest BCUT2D eigenvalue weighted by molar-refractivity contribution is 6.24. The van der Waals surface area contributed by atoms with E-state index < -0.39 is 0 Å². The van der Waals surface area contributed by atoms with E-state index in [0.717, 1.165) is 12.0 Å². The van der Waals surface area contributed by atoms with E-state index in [1.807, 2.05) is 6.92 Å². The number of halogens is 1. The Labute approximate surface area is 73.5 Å². The molecule has 0 radical (unpaired) electrons. The molecule has 11 heavy (non-hydrogen) atoms. The highest BCUT2D eigenvalue weighted by Crippen LogP contribution is 2.07. The van der Waals surface area contributed by atoms with Crippen LogP contribution in [0, 0.1) is 0 Å². The van der Waals surface area contributed by atoms with Gasteiger partial charge in [-0.1, -0.05) is 19.6 Å². The molecule has 1 atom stereocenters. The van der Waals surface area contributed by atoms with E-state index in [9.17, 15) is 0 Å². The summed E-state index contributed by atoms with van der Waals surface area (Å²) >= 11 is 5.86. The van der Waals surface area contributed by atoms with Gasteiger partial charge in [-0.3, -0.25) is 4.99 Å². The van der Waals surface area contributed by atoms with Gasteiger partial charge in [0.25, 0.3) is 0 Å². The van der Waals surface area contributed by atoms with Gasteiger partial charge in [0.2, 0.25) is 0 Å². The van der Waals surface area contributed by atoms with Crippen molar-refractivity contribution in [3.63, 3.8) is 0 Å². The van der Waals surface area contributed by atoms with Gasteiger partial charge in [-0.05, 0) is 18.9 Å². The van der Waals surface area contributed by atoms with Crippen LogP contribution < -0.4 is 0 Å². The van der Waals surface area contributed by atoms with Crippen LogP contribution in [-0.4, -0.2) is 11.6 Å². The summed E-state index contributed by atoms with van der Waals surface area (Å²) in [5.74, 6) is 0. The second-order valence-electron chi connectivity index (χ2n) is 2.19. The molecule has 2 heteroatoms. The number of hydrogen-bond donors (Lipinski definition) is 0. The third-order valence-corrected chi connectivity index (χ3v) is 1.48. The lowest BCUT2D eigenvalue weighted by Crippen LogP contribution is -1.97. The Morgan fingerprint density at radius 3 is 2.73 bits per heavy atom. The van der Waals surface area contributed by atoms with Crippen LogP contribution in [0.1, 0.15) is 20.3 Å². The van der Waals surface area contributed by atoms with E-state index in [2.05, 4.69) is 24.6 Å². The first-order valence-electron chi connectivity index (χ1n) is 3.70. The maximum atomic E-state index is 5.86. The predicted octanol–water partition coefficient (Wildman–Crippen LogP) is 3.16. The molecule has 0 amide bonds. The van der Waals surface area contributed by atoms with Gasteiger partial charge in [0.05, 0.1) is 5.38 Å². The molecule has 0 aliphatic rings. The highest BCUT2D eigenvalue weighted by atomic mass is 35.5. The number of rotatable bonds is 4. The Kier molecular flexibility index (Phi) is 5.86. The molecule has 0 rings (SSSR count). The van der Waals surface area contributed by atoms with Crippen LogP contribution in [0.3, 0.4) is 0 Å². The van der Waals surface area contributed by atoms with Crippen molar-refractivity contribution >= 4 is 17.8 Å². The van der Waals surface area contributed by atoms with Crippen molar-refractivity contribution in [1.82, 2.24) is 0 Å². The molecule has 0 aromatic carbocycles. The maximum absolute atomic E-state index is 5.86. The zero-order valence-corrected chi connectivity index (χ0v) is 7.80. The molecule has 0 saturated heterocycles. The molecular formula is C9H14ClN. The van der Waals surface area contributed by atoms with Gasteiger partial charge in [0.1, 0.15) is 0 Å². The van der Waals surface area contributed by atoms with E-state index in [4.69, 9.17) is 11.6 Å². The van der Waals surface area contributed by atoms with Gasteiger partial charge in [-0.15, -0.1) is 11.6 Å². The second-order valence-corrected chi connectivity index (χ2v) is 2.84. The van der Waals surface area contributed by atoms with E-state index in [0.29, 0.717) is 0 Å². The van der Waals surface area contributed by atoms with Gasteiger partial charge in [0, 0.05) is 12.4 Å². The topological polar surface area (TPSA) is 12.4 Å². The summed E-state index contributed by atoms with van der Waals surface area (Å²) < 4.78 is 0. The summed E-state index contributed by atoms with van der Waals surface area (Å²) in [6.07, 6.45) is 6.29. The average molecular weight is 172 g/mol. The van der Waals surface area contributed by atoms with Gasteiger partial charge >= 0.3 is 0 Å². The summed E-state index contributed by atoms with van der Waals surface area (Å²) in [6, 6.07) is 0. The number of alkyl halides is 1. The highest BCUT2D eigenvalue weighted by Gasteiger charge is 1.99. The van der Waals surface area contributed by atoms with Crippen LogP contribution in [0.2, 0.25) is 0 Å². The minimum Gasteiger partial charge on any atom is -0.265 e. The van der Waals surface area contributed by atoms with Gasteiger partial charge in [0.15, 0.2) is 0 Å². The van der Waals surface area contributed by atoms with Gasteiger partial charge < -0.3 is 0 Å². The lowest BCUT2D eigenvalue weighted by molar-refractivity contribution is 1.13. The summed E-state index contributed by atoms with van der Waals surface area (Å²) in [4.78, 5) is 3.90. The Balaban J connectivity index is 4.22. The quantitative estimate of drug-likeness (QED) is 0.455. The van der Waals surface area contributed by atoms with Gasteiger partial charge in [-0.2, -0.15) is 0 Å². The minimum atomic E-state index is 0.0265. The predicted molar refractivity (Wildman–Crippen MR) is 52.4 cm³/mol. The number of aliphatic imine (C=N–C) groups is 1. The first-order chi connectivity index (χ1) is 5.22. The zero-order chi connectivity index (χ0) is 8.69. The molecule has 1 unspecified atom stereocenters. The summed E-state index contributed by atoms with van der Waals surface area (Å²) in [7, 11) is 0.